The van der Waals surface area contributed by atoms with Gasteiger partial charge >= 0.3 is 0 Å². The molecule has 2 N–H and O–H groups in total. The van der Waals surface area contributed by atoms with Crippen molar-refractivity contribution in [3.05, 3.63) is 52.1 Å². The third-order valence-electron chi connectivity index (χ3n) is 3.51. The average Bonchev–Trinajstić information content (AvgIpc) is 3.27. The molecule has 0 saturated heterocycles. The van der Waals surface area contributed by atoms with Crippen LogP contribution in [0.4, 0.5) is 15.9 Å². The third kappa shape index (κ3) is 3.66. The molecule has 0 aliphatic heterocycles. The second-order valence-electron chi connectivity index (χ2n) is 5.33. The number of pyridine rings is 1. The molecule has 1 heterocycles. The lowest BCUT2D eigenvalue weighted by atomic mass is 10.2. The van der Waals surface area contributed by atoms with Crippen LogP contribution in [0.1, 0.15) is 16.8 Å². The van der Waals surface area contributed by atoms with Gasteiger partial charge in [0.2, 0.25) is 5.91 Å². The molecular formula is C16H12Cl2FN3O2. The quantitative estimate of drug-likeness (QED) is 0.859. The molecule has 124 valence electrons. The summed E-state index contributed by atoms with van der Waals surface area (Å²) in [6.45, 7) is 0. The first-order valence-electron chi connectivity index (χ1n) is 7.12. The Kier molecular flexibility index (Phi) is 4.69. The molecule has 0 spiro atoms. The van der Waals surface area contributed by atoms with Crippen molar-refractivity contribution in [1.29, 1.82) is 0 Å². The molecule has 8 heteroatoms. The first-order chi connectivity index (χ1) is 11.5. The number of hydrogen-bond donors (Lipinski definition) is 2. The van der Waals surface area contributed by atoms with Gasteiger partial charge in [0, 0.05) is 18.0 Å². The van der Waals surface area contributed by atoms with Crippen molar-refractivity contribution in [1.82, 2.24) is 4.98 Å². The highest BCUT2D eigenvalue weighted by molar-refractivity contribution is 6.44. The Morgan fingerprint density at radius 1 is 1.21 bits per heavy atom. The minimum Gasteiger partial charge on any atom is -0.322 e. The number of nitrogens with one attached hydrogen (secondary N) is 2. The Labute approximate surface area is 147 Å². The van der Waals surface area contributed by atoms with Crippen LogP contribution in [-0.4, -0.2) is 23.0 Å². The lowest BCUT2D eigenvalue weighted by Crippen LogP contribution is -2.17. The number of carbonyl (C=O) groups is 2. The standard InChI is InChI=1S/C16H12Cl2FN3O2/c17-11-3-1-2-9(14(11)18)15(23)21-8-4-5-20-13(6-8)22-16(24)10-7-12(10)19/h1-6,10,12H,7H2,(H2,20,21,22,23,24)/t10-,12-/m1/s1. The van der Waals surface area contributed by atoms with E-state index >= 15 is 0 Å². The predicted octanol–water partition coefficient (Wildman–Crippen LogP) is 3.94. The summed E-state index contributed by atoms with van der Waals surface area (Å²) in [5, 5.41) is 5.60. The van der Waals surface area contributed by atoms with E-state index in [9.17, 15) is 14.0 Å². The average molecular weight is 368 g/mol. The van der Waals surface area contributed by atoms with Crippen molar-refractivity contribution in [2.24, 2.45) is 5.92 Å². The number of alkyl halides is 1. The molecule has 0 bridgehead atoms. The van der Waals surface area contributed by atoms with Gasteiger partial charge in [-0.2, -0.15) is 0 Å². The van der Waals surface area contributed by atoms with Gasteiger partial charge < -0.3 is 10.6 Å². The highest BCUT2D eigenvalue weighted by atomic mass is 35.5. The maximum atomic E-state index is 12.9. The second kappa shape index (κ2) is 6.75. The summed E-state index contributed by atoms with van der Waals surface area (Å²) in [4.78, 5) is 28.0. The highest BCUT2D eigenvalue weighted by Gasteiger charge is 2.43. The predicted molar refractivity (Wildman–Crippen MR) is 90.3 cm³/mol. The van der Waals surface area contributed by atoms with E-state index in [0.29, 0.717) is 5.69 Å². The van der Waals surface area contributed by atoms with Crippen LogP contribution in [0.2, 0.25) is 10.0 Å². The second-order valence-corrected chi connectivity index (χ2v) is 6.12. The van der Waals surface area contributed by atoms with Crippen LogP contribution in [0.5, 0.6) is 0 Å². The van der Waals surface area contributed by atoms with Gasteiger partial charge in [0.15, 0.2) is 0 Å². The fraction of sp³-hybridized carbons (Fsp3) is 0.188. The lowest BCUT2D eigenvalue weighted by Gasteiger charge is -2.09. The van der Waals surface area contributed by atoms with Gasteiger partial charge in [0.1, 0.15) is 12.0 Å². The third-order valence-corrected chi connectivity index (χ3v) is 4.33. The Morgan fingerprint density at radius 2 is 1.96 bits per heavy atom. The molecule has 2 atom stereocenters. The minimum absolute atomic E-state index is 0.155. The Morgan fingerprint density at radius 3 is 2.67 bits per heavy atom. The van der Waals surface area contributed by atoms with Crippen LogP contribution < -0.4 is 10.6 Å². The van der Waals surface area contributed by atoms with Crippen LogP contribution >= 0.6 is 23.2 Å². The number of carbonyl (C=O) groups excluding carboxylic acids is 2. The summed E-state index contributed by atoms with van der Waals surface area (Å²) in [5.74, 6) is -1.25. The normalized spacial score (nSPS) is 18.8. The highest BCUT2D eigenvalue weighted by Crippen LogP contribution is 2.34. The lowest BCUT2D eigenvalue weighted by molar-refractivity contribution is -0.117. The summed E-state index contributed by atoms with van der Waals surface area (Å²) in [6.07, 6.45) is 0.568. The van der Waals surface area contributed by atoms with Crippen molar-refractivity contribution in [2.45, 2.75) is 12.6 Å². The van der Waals surface area contributed by atoms with E-state index < -0.39 is 23.9 Å². The van der Waals surface area contributed by atoms with Gasteiger partial charge in [0.25, 0.3) is 5.91 Å². The largest absolute Gasteiger partial charge is 0.322 e. The van der Waals surface area contributed by atoms with Crippen LogP contribution in [-0.2, 0) is 4.79 Å². The Hall–Kier alpha value is -2.18. The van der Waals surface area contributed by atoms with E-state index in [1.807, 2.05) is 0 Å². The number of anilines is 2. The molecule has 0 radical (unpaired) electrons. The van der Waals surface area contributed by atoms with E-state index in [0.717, 1.165) is 0 Å². The van der Waals surface area contributed by atoms with Gasteiger partial charge in [-0.3, -0.25) is 9.59 Å². The smallest absolute Gasteiger partial charge is 0.257 e. The number of halogens is 3. The number of hydrogen-bond acceptors (Lipinski definition) is 3. The molecular weight excluding hydrogens is 356 g/mol. The molecule has 3 rings (SSSR count). The molecule has 2 aromatic rings. The number of nitrogens with zero attached hydrogens (tertiary/aromatic N) is 1. The van der Waals surface area contributed by atoms with Gasteiger partial charge in [0.05, 0.1) is 21.5 Å². The van der Waals surface area contributed by atoms with Gasteiger partial charge in [-0.05, 0) is 24.6 Å². The molecule has 1 saturated carbocycles. The number of amides is 2. The first-order valence-corrected chi connectivity index (χ1v) is 7.87. The Bertz CT molecular complexity index is 816. The maximum absolute atomic E-state index is 12.9. The fourth-order valence-electron chi connectivity index (χ4n) is 2.11. The van der Waals surface area contributed by atoms with Crippen molar-refractivity contribution in [3.8, 4) is 0 Å². The maximum Gasteiger partial charge on any atom is 0.257 e. The van der Waals surface area contributed by atoms with Crippen LogP contribution in [0.15, 0.2) is 36.5 Å². The van der Waals surface area contributed by atoms with Crippen LogP contribution in [0, 0.1) is 5.92 Å². The Balaban J connectivity index is 1.71. The molecule has 24 heavy (non-hydrogen) atoms. The molecule has 1 aromatic heterocycles. The first kappa shape index (κ1) is 16.7. The molecule has 5 nitrogen and oxygen atoms in total. The van der Waals surface area contributed by atoms with Gasteiger partial charge in [-0.1, -0.05) is 29.3 Å². The van der Waals surface area contributed by atoms with Crippen molar-refractivity contribution >= 4 is 46.5 Å². The monoisotopic (exact) mass is 367 g/mol. The van der Waals surface area contributed by atoms with Crippen molar-refractivity contribution in [3.63, 3.8) is 0 Å². The molecule has 1 aliphatic rings. The van der Waals surface area contributed by atoms with Crippen LogP contribution in [0.25, 0.3) is 0 Å². The molecule has 1 aliphatic carbocycles. The molecule has 1 fully saturated rings. The van der Waals surface area contributed by atoms with Gasteiger partial charge in [-0.25, -0.2) is 9.37 Å². The molecule has 0 unspecified atom stereocenters. The van der Waals surface area contributed by atoms with E-state index in [2.05, 4.69) is 15.6 Å². The minimum atomic E-state index is -1.09. The fourth-order valence-corrected chi connectivity index (χ4v) is 2.49. The molecule has 1 aromatic carbocycles. The summed E-state index contributed by atoms with van der Waals surface area (Å²) in [7, 11) is 0. The molecule has 2 amide bonds. The summed E-state index contributed by atoms with van der Waals surface area (Å²) >= 11 is 11.9. The summed E-state index contributed by atoms with van der Waals surface area (Å²) in [5.41, 5.74) is 0.638. The van der Waals surface area contributed by atoms with Crippen LogP contribution in [0.3, 0.4) is 0 Å². The van der Waals surface area contributed by atoms with Gasteiger partial charge in [-0.15, -0.1) is 0 Å². The zero-order valence-electron chi connectivity index (χ0n) is 12.2. The van der Waals surface area contributed by atoms with Crippen molar-refractivity contribution < 1.29 is 14.0 Å². The summed E-state index contributed by atoms with van der Waals surface area (Å²) < 4.78 is 12.9. The summed E-state index contributed by atoms with van der Waals surface area (Å²) in [6, 6.07) is 7.77. The number of benzene rings is 1. The van der Waals surface area contributed by atoms with E-state index in [4.69, 9.17) is 23.2 Å². The van der Waals surface area contributed by atoms with E-state index in [-0.39, 0.29) is 27.8 Å². The van der Waals surface area contributed by atoms with E-state index in [1.54, 1.807) is 24.3 Å². The zero-order valence-corrected chi connectivity index (χ0v) is 13.7. The number of aromatic nitrogens is 1. The topological polar surface area (TPSA) is 71.1 Å². The SMILES string of the molecule is O=C(Nc1ccnc(NC(=O)[C@@H]2C[C@H]2F)c1)c1cccc(Cl)c1Cl. The van der Waals surface area contributed by atoms with Crippen molar-refractivity contribution in [2.75, 3.05) is 10.6 Å². The zero-order chi connectivity index (χ0) is 17.3. The van der Waals surface area contributed by atoms with E-state index in [1.165, 1.54) is 12.3 Å². The number of rotatable bonds is 4.